The quantitative estimate of drug-likeness (QED) is 0.441. The Kier molecular flexibility index (Phi) is 6.31. The molecule has 1 aliphatic rings. The van der Waals surface area contributed by atoms with E-state index in [4.69, 9.17) is 14.2 Å². The number of methoxy groups -OCH3 is 1. The summed E-state index contributed by atoms with van der Waals surface area (Å²) < 4.78 is 21.0. The number of carbonyl (C=O) groups excluding carboxylic acids is 1. The van der Waals surface area contributed by atoms with Crippen molar-refractivity contribution in [1.29, 1.82) is 0 Å². The minimum absolute atomic E-state index is 0.341. The van der Waals surface area contributed by atoms with E-state index in [2.05, 4.69) is 23.5 Å². The highest BCUT2D eigenvalue weighted by Crippen LogP contribution is 2.31. The van der Waals surface area contributed by atoms with Crippen molar-refractivity contribution in [2.45, 2.75) is 57.8 Å². The van der Waals surface area contributed by atoms with Gasteiger partial charge in [0.15, 0.2) is 11.4 Å². The Morgan fingerprint density at radius 3 is 2.60 bits per heavy atom. The van der Waals surface area contributed by atoms with Crippen LogP contribution >= 0.6 is 0 Å². The summed E-state index contributed by atoms with van der Waals surface area (Å²) in [6.45, 7) is 6.75. The van der Waals surface area contributed by atoms with Gasteiger partial charge >= 0.3 is 6.16 Å². The van der Waals surface area contributed by atoms with Gasteiger partial charge in [-0.25, -0.2) is 4.79 Å². The van der Waals surface area contributed by atoms with E-state index in [0.29, 0.717) is 19.6 Å². The van der Waals surface area contributed by atoms with Gasteiger partial charge in [0.1, 0.15) is 0 Å². The van der Waals surface area contributed by atoms with E-state index in [9.17, 15) is 4.79 Å². The van der Waals surface area contributed by atoms with Crippen molar-refractivity contribution in [2.75, 3.05) is 20.3 Å². The van der Waals surface area contributed by atoms with E-state index < -0.39 is 17.5 Å². The Labute approximate surface area is 120 Å². The third kappa shape index (κ3) is 5.40. The fourth-order valence-electron chi connectivity index (χ4n) is 2.12. The average Bonchev–Trinajstić information content (AvgIpc) is 2.80. The molecule has 0 aromatic rings. The number of unbranched alkanes of at least 4 members (excludes halogenated alkanes) is 2. The summed E-state index contributed by atoms with van der Waals surface area (Å²) in [6, 6.07) is 0. The molecule has 1 saturated heterocycles. The summed E-state index contributed by atoms with van der Waals surface area (Å²) in [5, 5.41) is 0. The standard InChI is InChI=1S/C15H24O5/c1-5-6-7-8-9-14(2,20-13(16)17-4)12-15(3)18-10-11-19-15/h5-7,10-12H2,1-4H3. The van der Waals surface area contributed by atoms with Crippen LogP contribution in [0.1, 0.15) is 46.5 Å². The molecular weight excluding hydrogens is 260 g/mol. The molecule has 0 saturated carbocycles. The Hall–Kier alpha value is -1.25. The monoisotopic (exact) mass is 284 g/mol. The molecular formula is C15H24O5. The molecule has 0 radical (unpaired) electrons. The summed E-state index contributed by atoms with van der Waals surface area (Å²) in [7, 11) is 1.28. The Morgan fingerprint density at radius 2 is 2.05 bits per heavy atom. The number of ether oxygens (including phenoxy) is 4. The lowest BCUT2D eigenvalue weighted by atomic mass is 9.96. The molecule has 0 spiro atoms. The normalized spacial score (nSPS) is 19.6. The highest BCUT2D eigenvalue weighted by atomic mass is 16.7. The highest BCUT2D eigenvalue weighted by molar-refractivity contribution is 5.61. The largest absolute Gasteiger partial charge is 0.509 e. The third-order valence-electron chi connectivity index (χ3n) is 3.04. The summed E-state index contributed by atoms with van der Waals surface area (Å²) in [5.41, 5.74) is -0.986. The first kappa shape index (κ1) is 16.8. The predicted octanol–water partition coefficient (Wildman–Crippen LogP) is 2.87. The maximum atomic E-state index is 11.4. The molecule has 1 atom stereocenters. The lowest BCUT2D eigenvalue weighted by molar-refractivity contribution is -0.172. The Balaban J connectivity index is 2.76. The predicted molar refractivity (Wildman–Crippen MR) is 74.1 cm³/mol. The molecule has 5 nitrogen and oxygen atoms in total. The first-order chi connectivity index (χ1) is 9.43. The fraction of sp³-hybridized carbons (Fsp3) is 0.800. The van der Waals surface area contributed by atoms with Crippen molar-refractivity contribution in [1.82, 2.24) is 0 Å². The zero-order valence-corrected chi connectivity index (χ0v) is 12.8. The second kappa shape index (κ2) is 7.51. The first-order valence-electron chi connectivity index (χ1n) is 6.98. The number of hydrogen-bond acceptors (Lipinski definition) is 5. The molecule has 0 bridgehead atoms. The van der Waals surface area contributed by atoms with Gasteiger partial charge in [-0.05, 0) is 20.3 Å². The van der Waals surface area contributed by atoms with Crippen LogP contribution in [0, 0.1) is 11.8 Å². The zero-order valence-electron chi connectivity index (χ0n) is 12.8. The second-order valence-electron chi connectivity index (χ2n) is 5.20. The lowest BCUT2D eigenvalue weighted by Crippen LogP contribution is -2.40. The average molecular weight is 284 g/mol. The third-order valence-corrected chi connectivity index (χ3v) is 3.04. The Bertz CT molecular complexity index is 375. The molecule has 0 N–H and O–H groups in total. The van der Waals surface area contributed by atoms with Gasteiger partial charge in [-0.1, -0.05) is 25.2 Å². The highest BCUT2D eigenvalue weighted by Gasteiger charge is 2.41. The van der Waals surface area contributed by atoms with E-state index >= 15 is 0 Å². The van der Waals surface area contributed by atoms with Crippen molar-refractivity contribution in [3.05, 3.63) is 0 Å². The van der Waals surface area contributed by atoms with Crippen LogP contribution in [0.3, 0.4) is 0 Å². The summed E-state index contributed by atoms with van der Waals surface area (Å²) in [5.74, 6) is 5.29. The minimum atomic E-state index is -0.986. The van der Waals surface area contributed by atoms with Gasteiger partial charge < -0.3 is 18.9 Å². The van der Waals surface area contributed by atoms with Crippen molar-refractivity contribution >= 4 is 6.16 Å². The fourth-order valence-corrected chi connectivity index (χ4v) is 2.12. The maximum absolute atomic E-state index is 11.4. The minimum Gasteiger partial charge on any atom is -0.438 e. The second-order valence-corrected chi connectivity index (χ2v) is 5.20. The van der Waals surface area contributed by atoms with E-state index in [1.165, 1.54) is 7.11 Å². The van der Waals surface area contributed by atoms with Crippen LogP contribution in [0.4, 0.5) is 4.79 Å². The molecule has 1 fully saturated rings. The molecule has 0 amide bonds. The molecule has 114 valence electrons. The number of hydrogen-bond donors (Lipinski definition) is 0. The molecule has 5 heteroatoms. The van der Waals surface area contributed by atoms with Crippen molar-refractivity contribution in [2.24, 2.45) is 0 Å². The van der Waals surface area contributed by atoms with Crippen LogP contribution in [-0.4, -0.2) is 37.9 Å². The number of rotatable bonds is 5. The van der Waals surface area contributed by atoms with Gasteiger partial charge in [-0.3, -0.25) is 0 Å². The van der Waals surface area contributed by atoms with Crippen LogP contribution in [0.15, 0.2) is 0 Å². The SMILES string of the molecule is CCCCC#CC(C)(CC1(C)OCCO1)OC(=O)OC. The summed E-state index contributed by atoms with van der Waals surface area (Å²) in [6.07, 6.45) is 2.46. The van der Waals surface area contributed by atoms with Crippen LogP contribution in [0.2, 0.25) is 0 Å². The molecule has 1 rings (SSSR count). The van der Waals surface area contributed by atoms with Crippen LogP contribution in [0.5, 0.6) is 0 Å². The molecule has 0 aromatic heterocycles. The zero-order chi connectivity index (χ0) is 15.1. The first-order valence-corrected chi connectivity index (χ1v) is 6.98. The summed E-state index contributed by atoms with van der Waals surface area (Å²) in [4.78, 5) is 11.4. The molecule has 0 aliphatic carbocycles. The van der Waals surface area contributed by atoms with E-state index in [-0.39, 0.29) is 0 Å². The van der Waals surface area contributed by atoms with Crippen LogP contribution in [0.25, 0.3) is 0 Å². The molecule has 1 unspecified atom stereocenters. The molecule has 1 heterocycles. The van der Waals surface area contributed by atoms with Gasteiger partial charge in [0.2, 0.25) is 0 Å². The topological polar surface area (TPSA) is 54.0 Å². The Morgan fingerprint density at radius 1 is 1.40 bits per heavy atom. The number of carbonyl (C=O) groups is 1. The van der Waals surface area contributed by atoms with E-state index in [1.54, 1.807) is 6.92 Å². The van der Waals surface area contributed by atoms with Gasteiger partial charge in [0.25, 0.3) is 0 Å². The van der Waals surface area contributed by atoms with E-state index in [1.807, 2.05) is 6.92 Å². The van der Waals surface area contributed by atoms with Gasteiger partial charge in [0, 0.05) is 6.42 Å². The van der Waals surface area contributed by atoms with Gasteiger partial charge in [-0.2, -0.15) is 0 Å². The van der Waals surface area contributed by atoms with Crippen LogP contribution < -0.4 is 0 Å². The van der Waals surface area contributed by atoms with Crippen molar-refractivity contribution in [3.63, 3.8) is 0 Å². The molecule has 0 aromatic carbocycles. The lowest BCUT2D eigenvalue weighted by Gasteiger charge is -2.31. The van der Waals surface area contributed by atoms with E-state index in [0.717, 1.165) is 19.3 Å². The maximum Gasteiger partial charge on any atom is 0.509 e. The molecule has 20 heavy (non-hydrogen) atoms. The van der Waals surface area contributed by atoms with Crippen molar-refractivity contribution < 1.29 is 23.7 Å². The molecule has 1 aliphatic heterocycles. The van der Waals surface area contributed by atoms with Crippen LogP contribution in [-0.2, 0) is 18.9 Å². The summed E-state index contributed by atoms with van der Waals surface area (Å²) >= 11 is 0. The smallest absolute Gasteiger partial charge is 0.438 e. The van der Waals surface area contributed by atoms with Gasteiger partial charge in [0.05, 0.1) is 26.7 Å². The van der Waals surface area contributed by atoms with Crippen molar-refractivity contribution in [3.8, 4) is 11.8 Å². The van der Waals surface area contributed by atoms with Gasteiger partial charge in [-0.15, -0.1) is 0 Å².